The van der Waals surface area contributed by atoms with Gasteiger partial charge in [-0.1, -0.05) is 24.8 Å². The van der Waals surface area contributed by atoms with E-state index >= 15 is 0 Å². The van der Waals surface area contributed by atoms with Crippen LogP contribution in [0.25, 0.3) is 10.9 Å². The normalized spacial score (nSPS) is 12.2. The van der Waals surface area contributed by atoms with Crippen LogP contribution in [0, 0.1) is 12.3 Å². The van der Waals surface area contributed by atoms with Crippen molar-refractivity contribution in [1.29, 1.82) is 0 Å². The highest BCUT2D eigenvalue weighted by molar-refractivity contribution is 5.93. The lowest BCUT2D eigenvalue weighted by Crippen LogP contribution is -2.04. The number of hydrogen-bond acceptors (Lipinski definition) is 7. The zero-order chi connectivity index (χ0) is 26.0. The van der Waals surface area contributed by atoms with Crippen molar-refractivity contribution in [2.75, 3.05) is 25.6 Å². The number of carbonyl (C=O) groups is 1. The number of nitrogens with zero attached hydrogens (tertiary/aromatic N) is 2. The number of methoxy groups -OCH3 is 1. The first-order valence-corrected chi connectivity index (χ1v) is 10.9. The number of unbranched alkanes of at least 4 members (excludes halogenated alkanes) is 3. The summed E-state index contributed by atoms with van der Waals surface area (Å²) in [5, 5.41) is 3.86. The summed E-state index contributed by atoms with van der Waals surface area (Å²) in [6, 6.07) is 10.5. The zero-order valence-corrected chi connectivity index (χ0v) is 18.6. The molecule has 0 atom stereocenters. The Morgan fingerprint density at radius 1 is 1.15 bits per heavy atom. The molecule has 3 rings (SSSR count). The van der Waals surface area contributed by atoms with Crippen molar-refractivity contribution < 1.29 is 23.1 Å². The molecule has 1 aromatic heterocycles. The average Bonchev–Trinajstić information content (AvgIpc) is 2.83. The number of esters is 1. The average molecular weight is 451 g/mol. The molecule has 0 aliphatic rings. The Morgan fingerprint density at radius 2 is 2.03 bits per heavy atom. The van der Waals surface area contributed by atoms with Gasteiger partial charge in [-0.15, -0.1) is 6.42 Å². The summed E-state index contributed by atoms with van der Waals surface area (Å²) < 4.78 is 38.6. The molecule has 0 amide bonds. The van der Waals surface area contributed by atoms with Crippen molar-refractivity contribution in [3.63, 3.8) is 0 Å². The Balaban J connectivity index is 1.74. The first kappa shape index (κ1) is 19.9. The number of fused-ring (bicyclic) bond motifs is 1. The minimum atomic E-state index is -2.65. The molecule has 0 bridgehead atoms. The number of anilines is 2. The highest BCUT2D eigenvalue weighted by Crippen LogP contribution is 2.35. The molecule has 7 nitrogen and oxygen atoms in total. The highest BCUT2D eigenvalue weighted by atomic mass is 16.5. The number of carbonyl (C=O) groups excluding carboxylic acids is 1. The molecular formula is C26H29N3O4. The molecule has 0 radical (unpaired) electrons. The number of benzene rings is 2. The van der Waals surface area contributed by atoms with Gasteiger partial charge in [0.1, 0.15) is 12.1 Å². The van der Waals surface area contributed by atoms with E-state index in [9.17, 15) is 4.79 Å². The monoisotopic (exact) mass is 450 g/mol. The molecule has 1 N–H and O–H groups in total. The van der Waals surface area contributed by atoms with Gasteiger partial charge >= 0.3 is 5.97 Å². The summed E-state index contributed by atoms with van der Waals surface area (Å²) in [6.07, 6.45) is 10.5. The molecule has 0 fully saturated rings. The van der Waals surface area contributed by atoms with Gasteiger partial charge in [0.15, 0.2) is 11.5 Å². The van der Waals surface area contributed by atoms with Crippen molar-refractivity contribution in [2.45, 2.75) is 39.0 Å². The van der Waals surface area contributed by atoms with E-state index < -0.39 is 7.04 Å². The summed E-state index contributed by atoms with van der Waals surface area (Å²) in [5.41, 5.74) is 1.96. The van der Waals surface area contributed by atoms with Crippen LogP contribution >= 0.6 is 0 Å². The van der Waals surface area contributed by atoms with Crippen LogP contribution in [-0.4, -0.2) is 36.2 Å². The molecule has 7 heteroatoms. The molecule has 1 heterocycles. The Hall–Kier alpha value is -3.79. The third-order valence-corrected chi connectivity index (χ3v) is 4.94. The van der Waals surface area contributed by atoms with Crippen molar-refractivity contribution in [3.05, 3.63) is 48.3 Å². The van der Waals surface area contributed by atoms with Crippen LogP contribution in [0.2, 0.25) is 0 Å². The smallest absolute Gasteiger partial charge is 0.305 e. The molecule has 0 saturated heterocycles. The second-order valence-corrected chi connectivity index (χ2v) is 7.31. The second-order valence-electron chi connectivity index (χ2n) is 7.31. The van der Waals surface area contributed by atoms with E-state index in [1.807, 2.05) is 24.3 Å². The predicted molar refractivity (Wildman–Crippen MR) is 129 cm³/mol. The van der Waals surface area contributed by atoms with E-state index in [-0.39, 0.29) is 17.5 Å². The number of hydrogen-bond donors (Lipinski definition) is 1. The fourth-order valence-electron chi connectivity index (χ4n) is 3.32. The SMILES string of the molecule is [2H]C([2H])([2H])Oc1cc2ncnc(Nc3cccc(C#C)c3)c2cc1OCCCCCCC(=O)OCC. The summed E-state index contributed by atoms with van der Waals surface area (Å²) in [5.74, 6) is 3.27. The van der Waals surface area contributed by atoms with Gasteiger partial charge in [0.05, 0.1) is 29.9 Å². The first-order valence-electron chi connectivity index (χ1n) is 12.4. The van der Waals surface area contributed by atoms with E-state index in [1.165, 1.54) is 12.4 Å². The molecule has 0 unspecified atom stereocenters. The lowest BCUT2D eigenvalue weighted by Gasteiger charge is -2.14. The van der Waals surface area contributed by atoms with E-state index in [4.69, 9.17) is 24.7 Å². The fraction of sp³-hybridized carbons (Fsp3) is 0.346. The van der Waals surface area contributed by atoms with E-state index in [0.717, 1.165) is 36.9 Å². The lowest BCUT2D eigenvalue weighted by molar-refractivity contribution is -0.143. The van der Waals surface area contributed by atoms with Crippen LogP contribution in [-0.2, 0) is 9.53 Å². The van der Waals surface area contributed by atoms with Gasteiger partial charge in [-0.25, -0.2) is 9.97 Å². The van der Waals surface area contributed by atoms with Gasteiger partial charge in [0.2, 0.25) is 0 Å². The Kier molecular flexibility index (Phi) is 7.40. The summed E-state index contributed by atoms with van der Waals surface area (Å²) >= 11 is 0. The molecule has 33 heavy (non-hydrogen) atoms. The van der Waals surface area contributed by atoms with Gasteiger partial charge in [-0.3, -0.25) is 4.79 Å². The van der Waals surface area contributed by atoms with Crippen LogP contribution in [0.3, 0.4) is 0 Å². The fourth-order valence-corrected chi connectivity index (χ4v) is 3.32. The van der Waals surface area contributed by atoms with Gasteiger partial charge in [-0.05, 0) is 44.0 Å². The number of nitrogens with one attached hydrogen (secondary N) is 1. The topological polar surface area (TPSA) is 82.6 Å². The third-order valence-electron chi connectivity index (χ3n) is 4.94. The van der Waals surface area contributed by atoms with E-state index in [1.54, 1.807) is 13.0 Å². The van der Waals surface area contributed by atoms with Crippen molar-refractivity contribution >= 4 is 28.4 Å². The molecule has 0 aliphatic heterocycles. The third kappa shape index (κ3) is 6.84. The Morgan fingerprint density at radius 3 is 2.85 bits per heavy atom. The summed E-state index contributed by atoms with van der Waals surface area (Å²) in [4.78, 5) is 20.0. The molecule has 0 aliphatic carbocycles. The maximum atomic E-state index is 11.4. The Bertz CT molecular complexity index is 1230. The van der Waals surface area contributed by atoms with Gasteiger partial charge in [-0.2, -0.15) is 0 Å². The van der Waals surface area contributed by atoms with Crippen molar-refractivity contribution in [1.82, 2.24) is 9.97 Å². The van der Waals surface area contributed by atoms with Crippen LogP contribution in [0.1, 0.15) is 48.7 Å². The van der Waals surface area contributed by atoms with Gasteiger partial charge in [0, 0.05) is 29.1 Å². The van der Waals surface area contributed by atoms with Gasteiger partial charge < -0.3 is 19.5 Å². The number of rotatable bonds is 12. The maximum absolute atomic E-state index is 11.4. The standard InChI is InChI=1S/C26H29N3O4/c1-4-19-11-10-12-20(15-19)29-26-21-16-24(23(31-3)17-22(21)27-18-28-26)33-14-9-7-6-8-13-25(30)32-5-2/h1,10-12,15-18H,5-9,13-14H2,2-3H3,(H,27,28,29)/i3D3. The molecule has 2 aromatic carbocycles. The maximum Gasteiger partial charge on any atom is 0.305 e. The largest absolute Gasteiger partial charge is 0.493 e. The van der Waals surface area contributed by atoms with Crippen molar-refractivity contribution in [3.8, 4) is 23.8 Å². The minimum Gasteiger partial charge on any atom is -0.493 e. The number of aromatic nitrogens is 2. The minimum absolute atomic E-state index is 0.0730. The molecule has 172 valence electrons. The molecule has 0 saturated carbocycles. The van der Waals surface area contributed by atoms with Crippen LogP contribution < -0.4 is 14.8 Å². The van der Waals surface area contributed by atoms with Crippen LogP contribution in [0.5, 0.6) is 11.5 Å². The zero-order valence-electron chi connectivity index (χ0n) is 21.6. The van der Waals surface area contributed by atoms with Crippen LogP contribution in [0.15, 0.2) is 42.7 Å². The number of terminal acetylenes is 1. The van der Waals surface area contributed by atoms with Gasteiger partial charge in [0.25, 0.3) is 0 Å². The van der Waals surface area contributed by atoms with E-state index in [0.29, 0.717) is 36.4 Å². The quantitative estimate of drug-likeness (QED) is 0.229. The molecular weight excluding hydrogens is 418 g/mol. The Labute approximate surface area is 198 Å². The first-order chi connectivity index (χ1) is 17.3. The summed E-state index contributed by atoms with van der Waals surface area (Å²) in [6.45, 7) is 2.52. The highest BCUT2D eigenvalue weighted by Gasteiger charge is 2.12. The molecule has 0 spiro atoms. The predicted octanol–water partition coefficient (Wildman–Crippen LogP) is 5.26. The number of ether oxygens (including phenoxy) is 3. The molecule has 3 aromatic rings. The van der Waals surface area contributed by atoms with Crippen LogP contribution in [0.4, 0.5) is 11.5 Å². The van der Waals surface area contributed by atoms with E-state index in [2.05, 4.69) is 21.2 Å². The second kappa shape index (κ2) is 12.3. The lowest BCUT2D eigenvalue weighted by atomic mass is 10.1. The van der Waals surface area contributed by atoms with Crippen molar-refractivity contribution in [2.24, 2.45) is 0 Å². The summed E-state index contributed by atoms with van der Waals surface area (Å²) in [7, 11) is -2.65.